The molecule has 1 saturated heterocycles. The SMILES string of the molecule is CCCOc1ccc(N2CCN(C(=O)C=Cc3ccccc3)CC2)nn1. The summed E-state index contributed by atoms with van der Waals surface area (Å²) >= 11 is 0. The predicted octanol–water partition coefficient (Wildman–Crippen LogP) is 2.63. The molecule has 2 heterocycles. The summed E-state index contributed by atoms with van der Waals surface area (Å²) in [5.41, 5.74) is 1.03. The van der Waals surface area contributed by atoms with E-state index in [4.69, 9.17) is 4.74 Å². The monoisotopic (exact) mass is 352 g/mol. The Morgan fingerprint density at radius 3 is 2.50 bits per heavy atom. The first-order valence-electron chi connectivity index (χ1n) is 9.00. The highest BCUT2D eigenvalue weighted by Gasteiger charge is 2.20. The number of hydrogen-bond acceptors (Lipinski definition) is 5. The van der Waals surface area contributed by atoms with Crippen LogP contribution in [0.3, 0.4) is 0 Å². The molecule has 0 radical (unpaired) electrons. The van der Waals surface area contributed by atoms with E-state index in [1.165, 1.54) is 0 Å². The fourth-order valence-electron chi connectivity index (χ4n) is 2.76. The number of ether oxygens (including phenoxy) is 1. The second kappa shape index (κ2) is 8.99. The van der Waals surface area contributed by atoms with Crippen LogP contribution in [0, 0.1) is 0 Å². The zero-order valence-corrected chi connectivity index (χ0v) is 15.0. The number of nitrogens with zero attached hydrogens (tertiary/aromatic N) is 4. The molecule has 0 atom stereocenters. The van der Waals surface area contributed by atoms with Gasteiger partial charge in [-0.1, -0.05) is 37.3 Å². The van der Waals surface area contributed by atoms with Crippen molar-refractivity contribution in [3.8, 4) is 5.88 Å². The Labute approximate surface area is 154 Å². The lowest BCUT2D eigenvalue weighted by atomic mass is 10.2. The molecule has 136 valence electrons. The van der Waals surface area contributed by atoms with Gasteiger partial charge in [-0.2, -0.15) is 0 Å². The summed E-state index contributed by atoms with van der Waals surface area (Å²) in [4.78, 5) is 16.3. The molecule has 1 aromatic heterocycles. The van der Waals surface area contributed by atoms with Crippen molar-refractivity contribution in [3.63, 3.8) is 0 Å². The van der Waals surface area contributed by atoms with E-state index in [-0.39, 0.29) is 5.91 Å². The van der Waals surface area contributed by atoms with Gasteiger partial charge in [0.15, 0.2) is 5.82 Å². The average Bonchev–Trinajstić information content (AvgIpc) is 2.72. The molecule has 1 aromatic carbocycles. The number of aromatic nitrogens is 2. The van der Waals surface area contributed by atoms with Crippen molar-refractivity contribution in [2.24, 2.45) is 0 Å². The normalized spacial score (nSPS) is 14.7. The van der Waals surface area contributed by atoms with Gasteiger partial charge in [-0.25, -0.2) is 0 Å². The molecule has 1 amide bonds. The van der Waals surface area contributed by atoms with E-state index >= 15 is 0 Å². The molecular weight excluding hydrogens is 328 g/mol. The van der Waals surface area contributed by atoms with Crippen LogP contribution in [-0.4, -0.2) is 53.8 Å². The maximum absolute atomic E-state index is 12.3. The van der Waals surface area contributed by atoms with Crippen LogP contribution in [0.4, 0.5) is 5.82 Å². The number of carbonyl (C=O) groups is 1. The third-order valence-corrected chi connectivity index (χ3v) is 4.21. The van der Waals surface area contributed by atoms with E-state index in [0.29, 0.717) is 25.6 Å². The maximum Gasteiger partial charge on any atom is 0.246 e. The predicted molar refractivity (Wildman–Crippen MR) is 102 cm³/mol. The summed E-state index contributed by atoms with van der Waals surface area (Å²) in [6.07, 6.45) is 4.44. The van der Waals surface area contributed by atoms with Crippen molar-refractivity contribution in [2.45, 2.75) is 13.3 Å². The third-order valence-electron chi connectivity index (χ3n) is 4.21. The second-order valence-corrected chi connectivity index (χ2v) is 6.13. The Kier molecular flexibility index (Phi) is 6.19. The Bertz CT molecular complexity index is 723. The summed E-state index contributed by atoms with van der Waals surface area (Å²) in [7, 11) is 0. The first-order chi connectivity index (χ1) is 12.8. The van der Waals surface area contributed by atoms with Crippen LogP contribution >= 0.6 is 0 Å². The Balaban J connectivity index is 1.50. The third kappa shape index (κ3) is 4.81. The largest absolute Gasteiger partial charge is 0.477 e. The van der Waals surface area contributed by atoms with Crippen LogP contribution in [-0.2, 0) is 4.79 Å². The van der Waals surface area contributed by atoms with Crippen LogP contribution in [0.1, 0.15) is 18.9 Å². The molecule has 0 unspecified atom stereocenters. The molecule has 26 heavy (non-hydrogen) atoms. The van der Waals surface area contributed by atoms with Gasteiger partial charge in [0.05, 0.1) is 6.61 Å². The summed E-state index contributed by atoms with van der Waals surface area (Å²) in [5, 5.41) is 8.34. The van der Waals surface area contributed by atoms with Crippen molar-refractivity contribution in [3.05, 3.63) is 54.1 Å². The fraction of sp³-hybridized carbons (Fsp3) is 0.350. The van der Waals surface area contributed by atoms with Crippen LogP contribution < -0.4 is 9.64 Å². The maximum atomic E-state index is 12.3. The summed E-state index contributed by atoms with van der Waals surface area (Å²) in [6.45, 7) is 5.54. The molecule has 1 aliphatic heterocycles. The minimum Gasteiger partial charge on any atom is -0.477 e. The van der Waals surface area contributed by atoms with Gasteiger partial charge >= 0.3 is 0 Å². The topological polar surface area (TPSA) is 58.6 Å². The highest BCUT2D eigenvalue weighted by atomic mass is 16.5. The zero-order valence-electron chi connectivity index (χ0n) is 15.0. The van der Waals surface area contributed by atoms with Gasteiger partial charge < -0.3 is 14.5 Å². The van der Waals surface area contributed by atoms with E-state index < -0.39 is 0 Å². The van der Waals surface area contributed by atoms with Gasteiger partial charge in [0.25, 0.3) is 0 Å². The Hall–Kier alpha value is -2.89. The molecule has 0 spiro atoms. The van der Waals surface area contributed by atoms with Gasteiger partial charge in [-0.15, -0.1) is 10.2 Å². The minimum absolute atomic E-state index is 0.0444. The summed E-state index contributed by atoms with van der Waals surface area (Å²) in [6, 6.07) is 13.6. The molecule has 0 aliphatic carbocycles. The van der Waals surface area contributed by atoms with Crippen LogP contribution in [0.2, 0.25) is 0 Å². The van der Waals surface area contributed by atoms with Gasteiger partial charge in [-0.05, 0) is 24.1 Å². The first-order valence-corrected chi connectivity index (χ1v) is 9.00. The number of rotatable bonds is 6. The number of hydrogen-bond donors (Lipinski definition) is 0. The van der Waals surface area contributed by atoms with Gasteiger partial charge in [0.1, 0.15) is 0 Å². The van der Waals surface area contributed by atoms with E-state index in [9.17, 15) is 4.79 Å². The second-order valence-electron chi connectivity index (χ2n) is 6.13. The molecule has 0 saturated carbocycles. The van der Waals surface area contributed by atoms with Crippen LogP contribution in [0.15, 0.2) is 48.5 Å². The molecule has 6 nitrogen and oxygen atoms in total. The highest BCUT2D eigenvalue weighted by molar-refractivity contribution is 5.91. The van der Waals surface area contributed by atoms with Crippen molar-refractivity contribution in [2.75, 3.05) is 37.7 Å². The number of piperazine rings is 1. The summed E-state index contributed by atoms with van der Waals surface area (Å²) in [5.74, 6) is 1.42. The number of amides is 1. The minimum atomic E-state index is 0.0444. The van der Waals surface area contributed by atoms with Crippen LogP contribution in [0.25, 0.3) is 6.08 Å². The number of benzene rings is 1. The van der Waals surface area contributed by atoms with E-state index in [2.05, 4.69) is 22.0 Å². The molecular formula is C20H24N4O2. The molecule has 1 fully saturated rings. The molecule has 6 heteroatoms. The highest BCUT2D eigenvalue weighted by Crippen LogP contribution is 2.15. The van der Waals surface area contributed by atoms with E-state index in [1.807, 2.05) is 53.4 Å². The molecule has 0 bridgehead atoms. The lowest BCUT2D eigenvalue weighted by Gasteiger charge is -2.34. The Morgan fingerprint density at radius 2 is 1.85 bits per heavy atom. The quantitative estimate of drug-likeness (QED) is 0.748. The zero-order chi connectivity index (χ0) is 18.2. The van der Waals surface area contributed by atoms with Gasteiger partial charge in [0.2, 0.25) is 11.8 Å². The average molecular weight is 352 g/mol. The molecule has 3 rings (SSSR count). The van der Waals surface area contributed by atoms with Gasteiger partial charge in [-0.3, -0.25) is 4.79 Å². The molecule has 2 aromatic rings. The standard InChI is InChI=1S/C20H24N4O2/c1-2-16-26-19-10-9-18(21-22-19)23-12-14-24(15-13-23)20(25)11-8-17-6-4-3-5-7-17/h3-11H,2,12-16H2,1H3. The van der Waals surface area contributed by atoms with Crippen molar-refractivity contribution < 1.29 is 9.53 Å². The number of anilines is 1. The number of carbonyl (C=O) groups excluding carboxylic acids is 1. The van der Waals surface area contributed by atoms with Gasteiger partial charge in [0, 0.05) is 38.3 Å². The summed E-state index contributed by atoms with van der Waals surface area (Å²) < 4.78 is 5.46. The van der Waals surface area contributed by atoms with Crippen molar-refractivity contribution >= 4 is 17.8 Å². The lowest BCUT2D eigenvalue weighted by Crippen LogP contribution is -2.48. The Morgan fingerprint density at radius 1 is 1.08 bits per heavy atom. The fourth-order valence-corrected chi connectivity index (χ4v) is 2.76. The lowest BCUT2D eigenvalue weighted by molar-refractivity contribution is -0.126. The van der Waals surface area contributed by atoms with E-state index in [0.717, 1.165) is 30.9 Å². The van der Waals surface area contributed by atoms with Crippen molar-refractivity contribution in [1.82, 2.24) is 15.1 Å². The smallest absolute Gasteiger partial charge is 0.246 e. The first kappa shape index (κ1) is 17.9. The van der Waals surface area contributed by atoms with Crippen molar-refractivity contribution in [1.29, 1.82) is 0 Å². The van der Waals surface area contributed by atoms with E-state index in [1.54, 1.807) is 6.08 Å². The molecule has 0 N–H and O–H groups in total. The van der Waals surface area contributed by atoms with Crippen LogP contribution in [0.5, 0.6) is 5.88 Å². The molecule has 1 aliphatic rings.